The van der Waals surface area contributed by atoms with E-state index in [0.717, 1.165) is 54.3 Å². The molecule has 1 fully saturated rings. The van der Waals surface area contributed by atoms with E-state index < -0.39 is 0 Å². The second-order valence-corrected chi connectivity index (χ2v) is 7.25. The Labute approximate surface area is 158 Å². The molecule has 3 aromatic rings. The van der Waals surface area contributed by atoms with E-state index in [2.05, 4.69) is 10.1 Å². The lowest BCUT2D eigenvalue weighted by Crippen LogP contribution is -2.29. The average Bonchev–Trinajstić information content (AvgIpc) is 3.36. The van der Waals surface area contributed by atoms with Crippen molar-refractivity contribution in [3.8, 4) is 11.3 Å². The van der Waals surface area contributed by atoms with Gasteiger partial charge in [-0.3, -0.25) is 9.78 Å². The Kier molecular flexibility index (Phi) is 4.51. The zero-order valence-electron chi connectivity index (χ0n) is 15.8. The highest BCUT2D eigenvalue weighted by atomic mass is 16.5. The van der Waals surface area contributed by atoms with Gasteiger partial charge in [0.05, 0.1) is 23.3 Å². The molecule has 0 bridgehead atoms. The van der Waals surface area contributed by atoms with Crippen LogP contribution in [0.5, 0.6) is 0 Å². The van der Waals surface area contributed by atoms with Gasteiger partial charge in [-0.25, -0.2) is 4.98 Å². The fraction of sp³-hybridized carbons (Fsp3) is 0.400. The van der Waals surface area contributed by atoms with Gasteiger partial charge in [-0.1, -0.05) is 11.2 Å². The van der Waals surface area contributed by atoms with Crippen molar-refractivity contribution in [3.05, 3.63) is 53.6 Å². The van der Waals surface area contributed by atoms with Gasteiger partial charge in [-0.2, -0.15) is 0 Å². The molecular weight excluding hydrogens is 342 g/mol. The summed E-state index contributed by atoms with van der Waals surface area (Å²) in [5.74, 6) is 1.20. The number of rotatable bonds is 4. The van der Waals surface area contributed by atoms with Gasteiger partial charge in [0.15, 0.2) is 0 Å². The average molecular weight is 365 g/mol. The van der Waals surface area contributed by atoms with Crippen molar-refractivity contribution >= 4 is 5.91 Å². The largest absolute Gasteiger partial charge is 0.361 e. The summed E-state index contributed by atoms with van der Waals surface area (Å²) in [4.78, 5) is 23.4. The number of hydrogen-bond donors (Lipinski definition) is 0. The van der Waals surface area contributed by atoms with Crippen molar-refractivity contribution < 1.29 is 9.32 Å². The van der Waals surface area contributed by atoms with Crippen LogP contribution in [0.1, 0.15) is 34.1 Å². The molecule has 140 valence electrons. The summed E-state index contributed by atoms with van der Waals surface area (Å²) < 4.78 is 7.06. The van der Waals surface area contributed by atoms with Gasteiger partial charge in [-0.15, -0.1) is 0 Å². The molecule has 3 aromatic heterocycles. The van der Waals surface area contributed by atoms with Crippen LogP contribution in [0.3, 0.4) is 0 Å². The lowest BCUT2D eigenvalue weighted by atomic mass is 10.0. The Morgan fingerprint density at radius 2 is 2.19 bits per heavy atom. The molecule has 4 rings (SSSR count). The van der Waals surface area contributed by atoms with Crippen molar-refractivity contribution in [1.29, 1.82) is 0 Å². The van der Waals surface area contributed by atoms with E-state index in [1.807, 2.05) is 44.0 Å². The quantitative estimate of drug-likeness (QED) is 0.710. The van der Waals surface area contributed by atoms with E-state index in [4.69, 9.17) is 9.51 Å². The maximum atomic E-state index is 12.6. The number of likely N-dealkylation sites (tertiary alicyclic amines) is 1. The molecule has 7 heteroatoms. The fourth-order valence-corrected chi connectivity index (χ4v) is 3.75. The minimum absolute atomic E-state index is 0.00975. The maximum absolute atomic E-state index is 12.6. The summed E-state index contributed by atoms with van der Waals surface area (Å²) in [7, 11) is 1.87. The number of nitrogens with zero attached hydrogens (tertiary/aromatic N) is 5. The van der Waals surface area contributed by atoms with Crippen LogP contribution in [-0.4, -0.2) is 43.6 Å². The van der Waals surface area contributed by atoms with Crippen LogP contribution in [0.25, 0.3) is 11.3 Å². The lowest BCUT2D eigenvalue weighted by Gasteiger charge is -2.15. The van der Waals surface area contributed by atoms with Crippen LogP contribution >= 0.6 is 0 Å². The molecule has 0 spiro atoms. The maximum Gasteiger partial charge on any atom is 0.274 e. The van der Waals surface area contributed by atoms with Crippen molar-refractivity contribution in [2.45, 2.75) is 26.7 Å². The molecule has 0 N–H and O–H groups in total. The topological polar surface area (TPSA) is 77.0 Å². The lowest BCUT2D eigenvalue weighted by molar-refractivity contribution is 0.0781. The number of carbonyl (C=O) groups is 1. The predicted molar refractivity (Wildman–Crippen MR) is 100 cm³/mol. The van der Waals surface area contributed by atoms with Gasteiger partial charge < -0.3 is 14.0 Å². The molecular formula is C20H23N5O2. The van der Waals surface area contributed by atoms with Gasteiger partial charge in [0.1, 0.15) is 11.5 Å². The minimum Gasteiger partial charge on any atom is -0.361 e. The number of aryl methyl sites for hydroxylation is 3. The Balaban J connectivity index is 1.45. The molecule has 4 heterocycles. The fourth-order valence-electron chi connectivity index (χ4n) is 3.75. The third-order valence-corrected chi connectivity index (χ3v) is 5.09. The summed E-state index contributed by atoms with van der Waals surface area (Å²) >= 11 is 0. The first-order chi connectivity index (χ1) is 13.0. The highest BCUT2D eigenvalue weighted by molar-refractivity contribution is 5.92. The van der Waals surface area contributed by atoms with Gasteiger partial charge >= 0.3 is 0 Å². The van der Waals surface area contributed by atoms with Crippen LogP contribution in [0.4, 0.5) is 0 Å². The van der Waals surface area contributed by atoms with Crippen LogP contribution in [0.15, 0.2) is 35.2 Å². The Hall–Kier alpha value is -2.96. The summed E-state index contributed by atoms with van der Waals surface area (Å²) in [6.45, 7) is 5.34. The number of hydrogen-bond acceptors (Lipinski definition) is 5. The highest BCUT2D eigenvalue weighted by Gasteiger charge is 2.28. The van der Waals surface area contributed by atoms with Crippen molar-refractivity contribution in [2.75, 3.05) is 13.1 Å². The second kappa shape index (κ2) is 6.98. The Bertz CT molecular complexity index is 955. The number of aromatic nitrogens is 4. The third kappa shape index (κ3) is 3.49. The summed E-state index contributed by atoms with van der Waals surface area (Å²) in [5, 5.41) is 4.02. The monoisotopic (exact) mass is 365 g/mol. The van der Waals surface area contributed by atoms with Crippen LogP contribution in [0, 0.1) is 19.8 Å². The zero-order valence-corrected chi connectivity index (χ0v) is 15.8. The van der Waals surface area contributed by atoms with Gasteiger partial charge in [0.2, 0.25) is 0 Å². The Morgan fingerprint density at radius 1 is 1.33 bits per heavy atom. The molecule has 1 saturated heterocycles. The van der Waals surface area contributed by atoms with E-state index in [1.165, 1.54) is 0 Å². The van der Waals surface area contributed by atoms with Gasteiger partial charge in [0.25, 0.3) is 5.91 Å². The summed E-state index contributed by atoms with van der Waals surface area (Å²) in [6.07, 6.45) is 5.26. The second-order valence-electron chi connectivity index (χ2n) is 7.25. The molecule has 1 aliphatic heterocycles. The Morgan fingerprint density at radius 3 is 2.89 bits per heavy atom. The van der Waals surface area contributed by atoms with Crippen molar-refractivity contribution in [2.24, 2.45) is 13.0 Å². The SMILES string of the molecule is Cc1noc(C)c1-c1cccc(C[C@@H]2CCN(C(=O)c3cn(C)cn3)C2)n1. The van der Waals surface area contributed by atoms with Crippen LogP contribution in [-0.2, 0) is 13.5 Å². The van der Waals surface area contributed by atoms with E-state index in [0.29, 0.717) is 11.6 Å². The zero-order chi connectivity index (χ0) is 19.0. The van der Waals surface area contributed by atoms with Crippen molar-refractivity contribution in [1.82, 2.24) is 24.6 Å². The van der Waals surface area contributed by atoms with E-state index in [9.17, 15) is 4.79 Å². The minimum atomic E-state index is 0.00975. The molecule has 1 aliphatic rings. The van der Waals surface area contributed by atoms with E-state index >= 15 is 0 Å². The van der Waals surface area contributed by atoms with Gasteiger partial charge in [0, 0.05) is 32.0 Å². The first-order valence-electron chi connectivity index (χ1n) is 9.17. The molecule has 27 heavy (non-hydrogen) atoms. The third-order valence-electron chi connectivity index (χ3n) is 5.09. The van der Waals surface area contributed by atoms with Crippen molar-refractivity contribution in [3.63, 3.8) is 0 Å². The number of amides is 1. The number of carbonyl (C=O) groups excluding carboxylic acids is 1. The molecule has 7 nitrogen and oxygen atoms in total. The molecule has 1 amide bonds. The molecule has 1 atom stereocenters. The highest BCUT2D eigenvalue weighted by Crippen LogP contribution is 2.27. The smallest absolute Gasteiger partial charge is 0.274 e. The number of imidazole rings is 1. The van der Waals surface area contributed by atoms with Gasteiger partial charge in [-0.05, 0) is 44.7 Å². The molecule has 0 aliphatic carbocycles. The molecule has 0 aromatic carbocycles. The van der Waals surface area contributed by atoms with Crippen LogP contribution in [0.2, 0.25) is 0 Å². The number of pyridine rings is 1. The predicted octanol–water partition coefficient (Wildman–Crippen LogP) is 2.79. The first kappa shape index (κ1) is 17.5. The normalized spacial score (nSPS) is 16.9. The molecule has 0 radical (unpaired) electrons. The first-order valence-corrected chi connectivity index (χ1v) is 9.17. The summed E-state index contributed by atoms with van der Waals surface area (Å²) in [5.41, 5.74) is 4.25. The molecule has 0 saturated carbocycles. The summed E-state index contributed by atoms with van der Waals surface area (Å²) in [6, 6.07) is 6.06. The molecule has 0 unspecified atom stereocenters. The van der Waals surface area contributed by atoms with E-state index in [-0.39, 0.29) is 5.91 Å². The van der Waals surface area contributed by atoms with E-state index in [1.54, 1.807) is 17.1 Å². The van der Waals surface area contributed by atoms with Crippen LogP contribution < -0.4 is 0 Å². The standard InChI is InChI=1S/C20H23N5O2/c1-13-19(14(2)27-23-13)17-6-4-5-16(22-17)9-15-7-8-25(10-15)20(26)18-11-24(3)12-21-18/h4-6,11-12,15H,7-10H2,1-3H3/t15-/m0/s1.